The van der Waals surface area contributed by atoms with Gasteiger partial charge < -0.3 is 9.84 Å². The molecular formula is C26H38O2. The van der Waals surface area contributed by atoms with Crippen LogP contribution in [0.1, 0.15) is 74.1 Å². The van der Waals surface area contributed by atoms with Crippen LogP contribution >= 0.6 is 0 Å². The predicted octanol–water partition coefficient (Wildman–Crippen LogP) is 6.78. The first kappa shape index (κ1) is 22.5. The van der Waals surface area contributed by atoms with Crippen LogP contribution in [-0.4, -0.2) is 11.7 Å². The summed E-state index contributed by atoms with van der Waals surface area (Å²) in [7, 11) is 0. The van der Waals surface area contributed by atoms with Crippen molar-refractivity contribution in [1.82, 2.24) is 0 Å². The third kappa shape index (κ3) is 8.06. The summed E-state index contributed by atoms with van der Waals surface area (Å²) in [4.78, 5) is 0. The molecule has 2 aromatic rings. The Morgan fingerprint density at radius 2 is 1.54 bits per heavy atom. The number of hydrogen-bond acceptors (Lipinski definition) is 2. The fraction of sp³-hybridized carbons (Fsp3) is 0.538. The Morgan fingerprint density at radius 1 is 0.821 bits per heavy atom. The van der Waals surface area contributed by atoms with E-state index < -0.39 is 0 Å². The van der Waals surface area contributed by atoms with E-state index in [4.69, 9.17) is 9.84 Å². The zero-order valence-electron chi connectivity index (χ0n) is 18.0. The van der Waals surface area contributed by atoms with Gasteiger partial charge in [0.2, 0.25) is 0 Å². The summed E-state index contributed by atoms with van der Waals surface area (Å²) in [5, 5.41) is 9.12. The maximum absolute atomic E-state index is 9.12. The van der Waals surface area contributed by atoms with E-state index in [2.05, 4.69) is 39.0 Å². The Labute approximate surface area is 172 Å². The minimum absolute atomic E-state index is 0.0818. The highest BCUT2D eigenvalue weighted by molar-refractivity contribution is 5.30. The summed E-state index contributed by atoms with van der Waals surface area (Å²) in [5.74, 6) is 1.63. The molecule has 154 valence electrons. The van der Waals surface area contributed by atoms with Gasteiger partial charge >= 0.3 is 0 Å². The number of aliphatic hydroxyl groups is 1. The molecular weight excluding hydrogens is 344 g/mol. The molecule has 2 aromatic carbocycles. The van der Waals surface area contributed by atoms with Crippen molar-refractivity contribution in [3.63, 3.8) is 0 Å². The van der Waals surface area contributed by atoms with E-state index in [0.717, 1.165) is 30.3 Å². The Balaban J connectivity index is 1.82. The molecule has 1 N–H and O–H groups in total. The second-order valence-corrected chi connectivity index (χ2v) is 8.13. The van der Waals surface area contributed by atoms with Crippen LogP contribution in [-0.2, 0) is 13.0 Å². The van der Waals surface area contributed by atoms with E-state index in [9.17, 15) is 0 Å². The molecule has 0 saturated heterocycles. The highest BCUT2D eigenvalue weighted by atomic mass is 16.5. The molecule has 2 rings (SSSR count). The van der Waals surface area contributed by atoms with Crippen molar-refractivity contribution in [2.75, 3.05) is 6.61 Å². The smallest absolute Gasteiger partial charge is 0.119 e. The lowest BCUT2D eigenvalue weighted by molar-refractivity contribution is 0.279. The summed E-state index contributed by atoms with van der Waals surface area (Å²) in [6, 6.07) is 14.7. The van der Waals surface area contributed by atoms with Crippen molar-refractivity contribution >= 4 is 0 Å². The first-order chi connectivity index (χ1) is 13.6. The average Bonchev–Trinajstić information content (AvgIpc) is 2.71. The largest absolute Gasteiger partial charge is 0.494 e. The third-order valence-electron chi connectivity index (χ3n) is 5.69. The Hall–Kier alpha value is -1.80. The molecule has 0 amide bonds. The highest BCUT2D eigenvalue weighted by Crippen LogP contribution is 2.23. The van der Waals surface area contributed by atoms with Crippen LogP contribution in [0.15, 0.2) is 42.5 Å². The van der Waals surface area contributed by atoms with Gasteiger partial charge in [0, 0.05) is 0 Å². The van der Waals surface area contributed by atoms with Gasteiger partial charge in [-0.2, -0.15) is 0 Å². The number of rotatable bonds is 13. The van der Waals surface area contributed by atoms with Gasteiger partial charge in [0.1, 0.15) is 5.75 Å². The van der Waals surface area contributed by atoms with Crippen molar-refractivity contribution in [2.45, 2.75) is 78.7 Å². The zero-order valence-corrected chi connectivity index (χ0v) is 18.0. The number of benzene rings is 2. The van der Waals surface area contributed by atoms with Crippen LogP contribution in [0, 0.1) is 19.8 Å². The molecule has 2 nitrogen and oxygen atoms in total. The van der Waals surface area contributed by atoms with Gasteiger partial charge in [-0.15, -0.1) is 0 Å². The monoisotopic (exact) mass is 382 g/mol. The molecule has 0 aliphatic heterocycles. The summed E-state index contributed by atoms with van der Waals surface area (Å²) < 4.78 is 5.90. The van der Waals surface area contributed by atoms with Gasteiger partial charge in [-0.1, -0.05) is 69.4 Å². The minimum atomic E-state index is 0.0818. The van der Waals surface area contributed by atoms with Gasteiger partial charge in [0.05, 0.1) is 13.2 Å². The molecule has 1 unspecified atom stereocenters. The number of hydrogen-bond donors (Lipinski definition) is 1. The molecule has 0 aliphatic rings. The third-order valence-corrected chi connectivity index (χ3v) is 5.69. The molecule has 1 atom stereocenters. The predicted molar refractivity (Wildman–Crippen MR) is 119 cm³/mol. The van der Waals surface area contributed by atoms with Crippen molar-refractivity contribution in [2.24, 2.45) is 5.92 Å². The van der Waals surface area contributed by atoms with Gasteiger partial charge in [-0.05, 0) is 73.4 Å². The number of unbranched alkanes of at least 4 members (excludes halogenated alkanes) is 3. The van der Waals surface area contributed by atoms with Gasteiger partial charge in [0.15, 0.2) is 0 Å². The maximum atomic E-state index is 9.12. The first-order valence-electron chi connectivity index (χ1n) is 11.0. The summed E-state index contributed by atoms with van der Waals surface area (Å²) >= 11 is 0. The first-order valence-corrected chi connectivity index (χ1v) is 11.0. The standard InChI is InChI=1S/C26H38O2/c1-4-5-6-7-9-23(19-25-12-11-21(2)22(3)18-25)10-8-17-28-26-15-13-24(20-27)14-16-26/h11-16,18,23,27H,4-10,17,19-20H2,1-3H3. The van der Waals surface area contributed by atoms with E-state index in [-0.39, 0.29) is 6.61 Å². The van der Waals surface area contributed by atoms with E-state index >= 15 is 0 Å². The average molecular weight is 383 g/mol. The van der Waals surface area contributed by atoms with Crippen LogP contribution in [0.4, 0.5) is 0 Å². The minimum Gasteiger partial charge on any atom is -0.494 e. The van der Waals surface area contributed by atoms with Gasteiger partial charge in [-0.3, -0.25) is 0 Å². The van der Waals surface area contributed by atoms with E-state index in [1.807, 2.05) is 24.3 Å². The molecule has 0 fully saturated rings. The Morgan fingerprint density at radius 3 is 2.21 bits per heavy atom. The summed E-state index contributed by atoms with van der Waals surface area (Å²) in [5.41, 5.74) is 5.18. The SMILES string of the molecule is CCCCCCC(CCCOc1ccc(CO)cc1)Cc1ccc(C)c(C)c1. The lowest BCUT2D eigenvalue weighted by atomic mass is 9.89. The number of aryl methyl sites for hydroxylation is 2. The van der Waals surface area contributed by atoms with Gasteiger partial charge in [0.25, 0.3) is 0 Å². The van der Waals surface area contributed by atoms with Crippen LogP contribution < -0.4 is 4.74 Å². The fourth-order valence-corrected chi connectivity index (χ4v) is 3.73. The van der Waals surface area contributed by atoms with Crippen molar-refractivity contribution in [3.8, 4) is 5.75 Å². The maximum Gasteiger partial charge on any atom is 0.119 e. The fourth-order valence-electron chi connectivity index (χ4n) is 3.73. The lowest BCUT2D eigenvalue weighted by Gasteiger charge is -2.18. The molecule has 28 heavy (non-hydrogen) atoms. The molecule has 0 bridgehead atoms. The lowest BCUT2D eigenvalue weighted by Crippen LogP contribution is -2.08. The molecule has 0 aliphatic carbocycles. The molecule has 0 heterocycles. The van der Waals surface area contributed by atoms with Crippen LogP contribution in [0.5, 0.6) is 5.75 Å². The molecule has 0 radical (unpaired) electrons. The van der Waals surface area contributed by atoms with Crippen molar-refractivity contribution in [1.29, 1.82) is 0 Å². The zero-order chi connectivity index (χ0) is 20.2. The molecule has 0 spiro atoms. The van der Waals surface area contributed by atoms with Crippen LogP contribution in [0.25, 0.3) is 0 Å². The Kier molecular flexibility index (Phi) is 10.1. The van der Waals surface area contributed by atoms with Gasteiger partial charge in [-0.25, -0.2) is 0 Å². The molecule has 0 aromatic heterocycles. The van der Waals surface area contributed by atoms with Crippen molar-refractivity contribution < 1.29 is 9.84 Å². The van der Waals surface area contributed by atoms with Crippen LogP contribution in [0.2, 0.25) is 0 Å². The molecule has 2 heteroatoms. The second kappa shape index (κ2) is 12.6. The van der Waals surface area contributed by atoms with Crippen molar-refractivity contribution in [3.05, 3.63) is 64.7 Å². The normalized spacial score (nSPS) is 12.1. The summed E-state index contributed by atoms with van der Waals surface area (Å²) in [6.07, 6.45) is 10.1. The van der Waals surface area contributed by atoms with E-state index in [0.29, 0.717) is 0 Å². The van der Waals surface area contributed by atoms with E-state index in [1.54, 1.807) is 0 Å². The molecule has 0 saturated carbocycles. The van der Waals surface area contributed by atoms with E-state index in [1.165, 1.54) is 61.6 Å². The second-order valence-electron chi connectivity index (χ2n) is 8.13. The van der Waals surface area contributed by atoms with Crippen LogP contribution in [0.3, 0.4) is 0 Å². The topological polar surface area (TPSA) is 29.5 Å². The quantitative estimate of drug-likeness (QED) is 0.387. The number of aliphatic hydroxyl groups excluding tert-OH is 1. The summed E-state index contributed by atoms with van der Waals surface area (Å²) in [6.45, 7) is 7.52. The highest BCUT2D eigenvalue weighted by Gasteiger charge is 2.11. The Bertz CT molecular complexity index is 675. The number of ether oxygens (including phenoxy) is 1.